The Balaban J connectivity index is 1.41. The molecule has 39 heavy (non-hydrogen) atoms. The molecule has 0 unspecified atom stereocenters. The highest BCUT2D eigenvalue weighted by molar-refractivity contribution is 7.08. The molecule has 1 aliphatic rings. The molecule has 2 aromatic carbocycles. The smallest absolute Gasteiger partial charge is 0.250 e. The molecule has 1 aliphatic heterocycles. The summed E-state index contributed by atoms with van der Waals surface area (Å²) >= 11 is 1.52. The van der Waals surface area contributed by atoms with Gasteiger partial charge in [0, 0.05) is 18.8 Å². The molecule has 2 aromatic heterocycles. The van der Waals surface area contributed by atoms with E-state index in [9.17, 15) is 14.4 Å². The van der Waals surface area contributed by atoms with Gasteiger partial charge in [0.2, 0.25) is 12.7 Å². The van der Waals surface area contributed by atoms with Crippen LogP contribution in [0.25, 0.3) is 0 Å². The predicted molar refractivity (Wildman–Crippen MR) is 148 cm³/mol. The highest BCUT2D eigenvalue weighted by Crippen LogP contribution is 2.33. The molecular weight excluding hydrogens is 514 g/mol. The maximum absolute atomic E-state index is 13.8. The highest BCUT2D eigenvalue weighted by atomic mass is 32.1. The lowest BCUT2D eigenvalue weighted by atomic mass is 10.1. The van der Waals surface area contributed by atoms with E-state index in [1.165, 1.54) is 11.3 Å². The number of aryl methyl sites for hydroxylation is 1. The Hall–Kier alpha value is -4.37. The normalized spacial score (nSPS) is 11.9. The van der Waals surface area contributed by atoms with Crippen LogP contribution in [-0.4, -0.2) is 40.4 Å². The van der Waals surface area contributed by atoms with Crippen molar-refractivity contribution in [3.63, 3.8) is 0 Å². The fourth-order valence-electron chi connectivity index (χ4n) is 4.73. The predicted octanol–water partition coefficient (Wildman–Crippen LogP) is 4.38. The van der Waals surface area contributed by atoms with Crippen LogP contribution in [0.1, 0.15) is 43.2 Å². The van der Waals surface area contributed by atoms with E-state index in [1.807, 2.05) is 63.9 Å². The zero-order chi connectivity index (χ0) is 27.4. The number of rotatable bonds is 11. The summed E-state index contributed by atoms with van der Waals surface area (Å²) in [5.41, 5.74) is 9.75. The summed E-state index contributed by atoms with van der Waals surface area (Å²) in [6, 6.07) is 18.9. The van der Waals surface area contributed by atoms with Crippen LogP contribution >= 0.6 is 11.3 Å². The lowest BCUT2D eigenvalue weighted by molar-refractivity contribution is -0.130. The molecule has 0 aliphatic carbocycles. The first-order valence-electron chi connectivity index (χ1n) is 12.6. The number of fused-ring (bicyclic) bond motifs is 1. The van der Waals surface area contributed by atoms with E-state index in [2.05, 4.69) is 0 Å². The van der Waals surface area contributed by atoms with Crippen LogP contribution in [0.2, 0.25) is 0 Å². The summed E-state index contributed by atoms with van der Waals surface area (Å²) in [4.78, 5) is 40.9. The van der Waals surface area contributed by atoms with Crippen molar-refractivity contribution in [2.45, 2.75) is 32.9 Å². The molecule has 3 heterocycles. The molecule has 9 heteroatoms. The lowest BCUT2D eigenvalue weighted by Crippen LogP contribution is -2.37. The molecule has 5 rings (SSSR count). The molecule has 8 nitrogen and oxygen atoms in total. The number of ketones is 1. The van der Waals surface area contributed by atoms with Crippen LogP contribution in [0.4, 0.5) is 0 Å². The molecular formula is C30H29N3O5S. The molecule has 0 radical (unpaired) electrons. The van der Waals surface area contributed by atoms with E-state index in [1.54, 1.807) is 24.0 Å². The zero-order valence-corrected chi connectivity index (χ0v) is 22.4. The van der Waals surface area contributed by atoms with Gasteiger partial charge in [-0.1, -0.05) is 36.4 Å². The van der Waals surface area contributed by atoms with Crippen LogP contribution in [0.5, 0.6) is 11.5 Å². The summed E-state index contributed by atoms with van der Waals surface area (Å²) in [5.74, 6) is 0.231. The summed E-state index contributed by atoms with van der Waals surface area (Å²) in [5, 5.41) is 3.85. The quantitative estimate of drug-likeness (QED) is 0.283. The third kappa shape index (κ3) is 6.04. The van der Waals surface area contributed by atoms with Gasteiger partial charge in [-0.2, -0.15) is 11.3 Å². The molecule has 4 aromatic rings. The Kier molecular flexibility index (Phi) is 7.79. The van der Waals surface area contributed by atoms with Crippen molar-refractivity contribution in [3.05, 3.63) is 105 Å². The number of nitrogens with zero attached hydrogens (tertiary/aromatic N) is 2. The molecule has 0 saturated heterocycles. The van der Waals surface area contributed by atoms with Gasteiger partial charge in [-0.25, -0.2) is 0 Å². The number of thiophene rings is 1. The zero-order valence-electron chi connectivity index (χ0n) is 21.6. The third-order valence-electron chi connectivity index (χ3n) is 6.82. The first-order chi connectivity index (χ1) is 18.9. The van der Waals surface area contributed by atoms with Crippen molar-refractivity contribution in [2.24, 2.45) is 5.73 Å². The largest absolute Gasteiger partial charge is 0.454 e. The van der Waals surface area contributed by atoms with Gasteiger partial charge >= 0.3 is 0 Å². The van der Waals surface area contributed by atoms with Gasteiger partial charge in [-0.05, 0) is 65.1 Å². The van der Waals surface area contributed by atoms with E-state index in [0.717, 1.165) is 16.7 Å². The molecule has 2 N–H and O–H groups in total. The van der Waals surface area contributed by atoms with Crippen LogP contribution in [0, 0.1) is 6.92 Å². The monoisotopic (exact) mass is 543 g/mol. The number of carbonyl (C=O) groups excluding carboxylic acids is 3. The number of nitrogens with two attached hydrogens (primary N) is 1. The van der Waals surface area contributed by atoms with E-state index in [-0.39, 0.29) is 38.0 Å². The van der Waals surface area contributed by atoms with Gasteiger partial charge in [0.05, 0.1) is 24.2 Å². The number of carbonyl (C=O) groups is 3. The number of aromatic nitrogens is 1. The van der Waals surface area contributed by atoms with Crippen LogP contribution in [-0.2, 0) is 30.7 Å². The van der Waals surface area contributed by atoms with Gasteiger partial charge < -0.3 is 24.7 Å². The van der Waals surface area contributed by atoms with Crippen molar-refractivity contribution in [2.75, 3.05) is 13.3 Å². The van der Waals surface area contributed by atoms with Gasteiger partial charge in [-0.15, -0.1) is 0 Å². The van der Waals surface area contributed by atoms with Crippen molar-refractivity contribution < 1.29 is 23.9 Å². The Labute approximate surface area is 230 Å². The van der Waals surface area contributed by atoms with Gasteiger partial charge in [-0.3, -0.25) is 14.4 Å². The first kappa shape index (κ1) is 26.2. The number of benzene rings is 2. The molecule has 0 bridgehead atoms. The SMILES string of the molecule is Cc1c(C(N)=O)cc(C(=O)CN(Cc2ccc3c(c2)OCO3)C(=O)Cc2ccsc2)n1CCc1ccccc1. The molecule has 0 spiro atoms. The van der Waals surface area contributed by atoms with E-state index < -0.39 is 5.91 Å². The average molecular weight is 544 g/mol. The molecule has 2 amide bonds. The maximum atomic E-state index is 13.8. The number of primary amides is 1. The van der Waals surface area contributed by atoms with Crippen molar-refractivity contribution in [1.82, 2.24) is 9.47 Å². The second kappa shape index (κ2) is 11.6. The number of amides is 2. The Morgan fingerprint density at radius 3 is 2.51 bits per heavy atom. The topological polar surface area (TPSA) is 104 Å². The molecule has 200 valence electrons. The Morgan fingerprint density at radius 1 is 0.974 bits per heavy atom. The van der Waals surface area contributed by atoms with Gasteiger partial charge in [0.25, 0.3) is 5.91 Å². The van der Waals surface area contributed by atoms with E-state index >= 15 is 0 Å². The van der Waals surface area contributed by atoms with Crippen LogP contribution in [0.3, 0.4) is 0 Å². The summed E-state index contributed by atoms with van der Waals surface area (Å²) in [6.45, 7) is 2.50. The summed E-state index contributed by atoms with van der Waals surface area (Å²) in [6.07, 6.45) is 0.856. The molecule has 0 atom stereocenters. The Bertz CT molecular complexity index is 1490. The minimum absolute atomic E-state index is 0.148. The highest BCUT2D eigenvalue weighted by Gasteiger charge is 2.25. The van der Waals surface area contributed by atoms with Crippen molar-refractivity contribution >= 4 is 28.9 Å². The third-order valence-corrected chi connectivity index (χ3v) is 7.55. The average Bonchev–Trinajstić information content (AvgIpc) is 3.68. The van der Waals surface area contributed by atoms with Crippen LogP contribution < -0.4 is 15.2 Å². The van der Waals surface area contributed by atoms with Crippen LogP contribution in [0.15, 0.2) is 71.4 Å². The maximum Gasteiger partial charge on any atom is 0.250 e. The minimum Gasteiger partial charge on any atom is -0.454 e. The first-order valence-corrected chi connectivity index (χ1v) is 13.6. The fraction of sp³-hybridized carbons (Fsp3) is 0.233. The molecule has 0 fully saturated rings. The number of ether oxygens (including phenoxy) is 2. The fourth-order valence-corrected chi connectivity index (χ4v) is 5.39. The van der Waals surface area contributed by atoms with Crippen molar-refractivity contribution in [1.29, 1.82) is 0 Å². The number of Topliss-reactive ketones (excluding diaryl/α,β-unsaturated/α-hetero) is 1. The van der Waals surface area contributed by atoms with Gasteiger partial charge in [0.1, 0.15) is 0 Å². The number of hydrogen-bond acceptors (Lipinski definition) is 6. The van der Waals surface area contributed by atoms with Crippen molar-refractivity contribution in [3.8, 4) is 11.5 Å². The minimum atomic E-state index is -0.592. The lowest BCUT2D eigenvalue weighted by Gasteiger charge is -2.23. The summed E-state index contributed by atoms with van der Waals surface area (Å²) in [7, 11) is 0. The Morgan fingerprint density at radius 2 is 1.77 bits per heavy atom. The number of hydrogen-bond donors (Lipinski definition) is 1. The summed E-state index contributed by atoms with van der Waals surface area (Å²) < 4.78 is 12.7. The van der Waals surface area contributed by atoms with E-state index in [4.69, 9.17) is 15.2 Å². The second-order valence-corrected chi connectivity index (χ2v) is 10.2. The second-order valence-electron chi connectivity index (χ2n) is 9.45. The van der Waals surface area contributed by atoms with Gasteiger partial charge in [0.15, 0.2) is 17.3 Å². The standard InChI is InChI=1S/C30H29N3O5S/c1-20-24(30(31)36)15-25(33(20)11-9-21-5-3-2-4-6-21)26(34)17-32(29(35)14-23-10-12-39-18-23)16-22-7-8-27-28(13-22)38-19-37-27/h2-8,10,12-13,15,18H,9,11,14,16-17,19H2,1H3,(H2,31,36). The molecule has 0 saturated carbocycles. The van der Waals surface area contributed by atoms with E-state index in [0.29, 0.717) is 41.4 Å².